The lowest BCUT2D eigenvalue weighted by Crippen LogP contribution is -2.48. The Balaban J connectivity index is 1.62. The smallest absolute Gasteiger partial charge is 0.227 e. The molecule has 24 heavy (non-hydrogen) atoms. The summed E-state index contributed by atoms with van der Waals surface area (Å²) in [5.41, 5.74) is 8.27. The van der Waals surface area contributed by atoms with Gasteiger partial charge in [-0.25, -0.2) is 0 Å². The standard InChI is InChI=1S/C20H30N2O2/c1-3-9-24-17-7-8-18(13(2)10-17)22-20(23)16-11-14-5-4-6-15(12-16)19(14)21/h7-8,10,14-16,19H,3-6,9,11-12,21H2,1-2H3,(H,22,23). The molecule has 4 heteroatoms. The largest absolute Gasteiger partial charge is 0.494 e. The van der Waals surface area contributed by atoms with Crippen LogP contribution in [-0.4, -0.2) is 18.6 Å². The molecule has 3 rings (SSSR count). The van der Waals surface area contributed by atoms with Gasteiger partial charge in [0.15, 0.2) is 0 Å². The lowest BCUT2D eigenvalue weighted by atomic mass is 9.65. The van der Waals surface area contributed by atoms with E-state index in [1.54, 1.807) is 0 Å². The summed E-state index contributed by atoms with van der Waals surface area (Å²) in [5.74, 6) is 2.18. The zero-order chi connectivity index (χ0) is 17.1. The Bertz CT molecular complexity index is 573. The van der Waals surface area contributed by atoms with Crippen molar-refractivity contribution in [3.05, 3.63) is 23.8 Å². The summed E-state index contributed by atoms with van der Waals surface area (Å²) in [4.78, 5) is 12.7. The van der Waals surface area contributed by atoms with Gasteiger partial charge in [0.05, 0.1) is 6.61 Å². The Morgan fingerprint density at radius 1 is 1.29 bits per heavy atom. The highest BCUT2D eigenvalue weighted by Crippen LogP contribution is 2.42. The van der Waals surface area contributed by atoms with Gasteiger partial charge in [0.2, 0.25) is 5.91 Å². The molecule has 2 fully saturated rings. The van der Waals surface area contributed by atoms with Crippen LogP contribution >= 0.6 is 0 Å². The van der Waals surface area contributed by atoms with Crippen LogP contribution in [-0.2, 0) is 4.79 Å². The number of rotatable bonds is 5. The van der Waals surface area contributed by atoms with Crippen molar-refractivity contribution in [2.24, 2.45) is 23.5 Å². The average molecular weight is 330 g/mol. The van der Waals surface area contributed by atoms with E-state index in [0.717, 1.165) is 42.9 Å². The predicted octanol–water partition coefficient (Wildman–Crippen LogP) is 3.88. The summed E-state index contributed by atoms with van der Waals surface area (Å²) >= 11 is 0. The minimum Gasteiger partial charge on any atom is -0.494 e. The molecule has 0 spiro atoms. The molecule has 2 unspecified atom stereocenters. The first kappa shape index (κ1) is 17.3. The minimum atomic E-state index is 0.107. The molecule has 2 bridgehead atoms. The Morgan fingerprint density at radius 2 is 2.00 bits per heavy atom. The second kappa shape index (κ2) is 7.56. The van der Waals surface area contributed by atoms with E-state index in [0.29, 0.717) is 17.9 Å². The van der Waals surface area contributed by atoms with Crippen LogP contribution in [0, 0.1) is 24.7 Å². The normalized spacial score (nSPS) is 29.1. The maximum atomic E-state index is 12.7. The maximum absolute atomic E-state index is 12.7. The molecule has 4 nitrogen and oxygen atoms in total. The van der Waals surface area contributed by atoms with Crippen LogP contribution in [0.5, 0.6) is 5.75 Å². The van der Waals surface area contributed by atoms with Crippen molar-refractivity contribution in [3.8, 4) is 5.75 Å². The summed E-state index contributed by atoms with van der Waals surface area (Å²) in [6.45, 7) is 4.82. The Labute approximate surface area is 145 Å². The third-order valence-electron chi connectivity index (χ3n) is 5.71. The number of carbonyl (C=O) groups excluding carboxylic acids is 1. The van der Waals surface area contributed by atoms with E-state index in [9.17, 15) is 4.79 Å². The number of nitrogens with one attached hydrogen (secondary N) is 1. The fraction of sp³-hybridized carbons (Fsp3) is 0.650. The first-order chi connectivity index (χ1) is 11.6. The molecular weight excluding hydrogens is 300 g/mol. The number of amides is 1. The Kier molecular flexibility index (Phi) is 5.44. The van der Waals surface area contributed by atoms with Gasteiger partial charge in [-0.1, -0.05) is 13.3 Å². The molecule has 2 aliphatic rings. The lowest BCUT2D eigenvalue weighted by Gasteiger charge is -2.43. The second-order valence-corrected chi connectivity index (χ2v) is 7.51. The molecule has 1 aromatic carbocycles. The van der Waals surface area contributed by atoms with E-state index in [1.807, 2.05) is 25.1 Å². The van der Waals surface area contributed by atoms with Crippen molar-refractivity contribution in [1.82, 2.24) is 0 Å². The van der Waals surface area contributed by atoms with Gasteiger partial charge < -0.3 is 15.8 Å². The molecule has 0 aromatic heterocycles. The van der Waals surface area contributed by atoms with Crippen molar-refractivity contribution in [3.63, 3.8) is 0 Å². The molecule has 2 atom stereocenters. The monoisotopic (exact) mass is 330 g/mol. The van der Waals surface area contributed by atoms with Crippen molar-refractivity contribution in [2.45, 2.75) is 58.4 Å². The highest BCUT2D eigenvalue weighted by atomic mass is 16.5. The summed E-state index contributed by atoms with van der Waals surface area (Å²) in [5, 5.41) is 3.13. The van der Waals surface area contributed by atoms with E-state index >= 15 is 0 Å². The summed E-state index contributed by atoms with van der Waals surface area (Å²) in [7, 11) is 0. The van der Waals surface area contributed by atoms with Crippen LogP contribution in [0.15, 0.2) is 18.2 Å². The van der Waals surface area contributed by atoms with Crippen LogP contribution in [0.4, 0.5) is 5.69 Å². The number of carbonyl (C=O) groups is 1. The molecule has 2 saturated carbocycles. The first-order valence-corrected chi connectivity index (χ1v) is 9.38. The van der Waals surface area contributed by atoms with Crippen molar-refractivity contribution >= 4 is 11.6 Å². The molecule has 1 aromatic rings. The zero-order valence-electron chi connectivity index (χ0n) is 14.9. The summed E-state index contributed by atoms with van der Waals surface area (Å²) in [6.07, 6.45) is 6.52. The highest BCUT2D eigenvalue weighted by Gasteiger charge is 2.40. The third kappa shape index (κ3) is 3.75. The van der Waals surface area contributed by atoms with Gasteiger partial charge in [-0.05, 0) is 74.6 Å². The van der Waals surface area contributed by atoms with Gasteiger partial charge in [0.25, 0.3) is 0 Å². The van der Waals surface area contributed by atoms with Gasteiger partial charge in [-0.15, -0.1) is 0 Å². The Morgan fingerprint density at radius 3 is 2.62 bits per heavy atom. The third-order valence-corrected chi connectivity index (χ3v) is 5.71. The molecule has 0 radical (unpaired) electrons. The highest BCUT2D eigenvalue weighted by molar-refractivity contribution is 5.93. The van der Waals surface area contributed by atoms with Gasteiger partial charge in [0.1, 0.15) is 5.75 Å². The number of hydrogen-bond donors (Lipinski definition) is 2. The number of anilines is 1. The van der Waals surface area contributed by atoms with Gasteiger partial charge in [0, 0.05) is 17.6 Å². The van der Waals surface area contributed by atoms with Crippen LogP contribution in [0.1, 0.15) is 51.0 Å². The molecule has 0 heterocycles. The van der Waals surface area contributed by atoms with Gasteiger partial charge in [-0.2, -0.15) is 0 Å². The van der Waals surface area contributed by atoms with E-state index in [1.165, 1.54) is 19.3 Å². The minimum absolute atomic E-state index is 0.107. The van der Waals surface area contributed by atoms with E-state index in [-0.39, 0.29) is 11.8 Å². The van der Waals surface area contributed by atoms with E-state index in [4.69, 9.17) is 10.5 Å². The number of fused-ring (bicyclic) bond motifs is 2. The number of aryl methyl sites for hydroxylation is 1. The van der Waals surface area contributed by atoms with Crippen LogP contribution in [0.3, 0.4) is 0 Å². The average Bonchev–Trinajstić information content (AvgIpc) is 2.54. The quantitative estimate of drug-likeness (QED) is 0.861. The zero-order valence-corrected chi connectivity index (χ0v) is 14.9. The van der Waals surface area contributed by atoms with E-state index in [2.05, 4.69) is 12.2 Å². The summed E-state index contributed by atoms with van der Waals surface area (Å²) < 4.78 is 5.65. The summed E-state index contributed by atoms with van der Waals surface area (Å²) in [6, 6.07) is 6.19. The molecule has 3 N–H and O–H groups in total. The fourth-order valence-corrected chi connectivity index (χ4v) is 4.32. The van der Waals surface area contributed by atoms with Gasteiger partial charge >= 0.3 is 0 Å². The Hall–Kier alpha value is -1.55. The number of ether oxygens (including phenoxy) is 1. The molecule has 132 valence electrons. The SMILES string of the molecule is CCCOc1ccc(NC(=O)C2CC3CCCC(C2)C3N)c(C)c1. The van der Waals surface area contributed by atoms with Gasteiger partial charge in [-0.3, -0.25) is 4.79 Å². The predicted molar refractivity (Wildman–Crippen MR) is 97.1 cm³/mol. The fourth-order valence-electron chi connectivity index (χ4n) is 4.32. The molecule has 2 aliphatic carbocycles. The number of benzene rings is 1. The molecule has 0 saturated heterocycles. The molecule has 0 aliphatic heterocycles. The lowest BCUT2D eigenvalue weighted by molar-refractivity contribution is -0.122. The molecule has 1 amide bonds. The first-order valence-electron chi connectivity index (χ1n) is 9.38. The topological polar surface area (TPSA) is 64.3 Å². The van der Waals surface area contributed by atoms with E-state index < -0.39 is 0 Å². The van der Waals surface area contributed by atoms with Crippen molar-refractivity contribution < 1.29 is 9.53 Å². The number of hydrogen-bond acceptors (Lipinski definition) is 3. The van der Waals surface area contributed by atoms with Crippen molar-refractivity contribution in [1.29, 1.82) is 0 Å². The van der Waals surface area contributed by atoms with Crippen molar-refractivity contribution in [2.75, 3.05) is 11.9 Å². The number of nitrogens with two attached hydrogens (primary N) is 1. The second-order valence-electron chi connectivity index (χ2n) is 7.51. The van der Waals surface area contributed by atoms with Crippen LogP contribution < -0.4 is 15.8 Å². The maximum Gasteiger partial charge on any atom is 0.227 e. The molecular formula is C20H30N2O2. The van der Waals surface area contributed by atoms with Crippen LogP contribution in [0.2, 0.25) is 0 Å². The van der Waals surface area contributed by atoms with Crippen LogP contribution in [0.25, 0.3) is 0 Å².